The molecule has 1 aromatic carbocycles. The molecule has 0 unspecified atom stereocenters. The van der Waals surface area contributed by atoms with Gasteiger partial charge in [-0.1, -0.05) is 0 Å². The van der Waals surface area contributed by atoms with Gasteiger partial charge in [0.15, 0.2) is 6.10 Å². The van der Waals surface area contributed by atoms with Crippen molar-refractivity contribution >= 4 is 27.9 Å². The smallest absolute Gasteiger partial charge is 0.338 e. The number of carbonyl (C=O) groups is 3. The Morgan fingerprint density at radius 2 is 1.62 bits per heavy atom. The van der Waals surface area contributed by atoms with Gasteiger partial charge in [0, 0.05) is 26.2 Å². The molecule has 2 heterocycles. The van der Waals surface area contributed by atoms with E-state index in [1.54, 1.807) is 11.8 Å². The molecular weight excluding hydrogens is 436 g/mol. The molecule has 176 valence electrons. The van der Waals surface area contributed by atoms with Crippen LogP contribution in [0.5, 0.6) is 0 Å². The SMILES string of the molecule is CCOC(=O)C1CCN(C(=O)[C@@H](C)OC(=O)c2ccc(S(=O)(=O)N3CCCC3)cc2)CC1. The van der Waals surface area contributed by atoms with Crippen LogP contribution in [0.1, 0.15) is 49.9 Å². The van der Waals surface area contributed by atoms with Crippen molar-refractivity contribution in [1.82, 2.24) is 9.21 Å². The van der Waals surface area contributed by atoms with Crippen molar-refractivity contribution in [2.45, 2.75) is 50.5 Å². The molecule has 32 heavy (non-hydrogen) atoms. The molecule has 0 radical (unpaired) electrons. The Morgan fingerprint density at radius 3 is 2.19 bits per heavy atom. The van der Waals surface area contributed by atoms with Crippen molar-refractivity contribution in [2.24, 2.45) is 5.92 Å². The van der Waals surface area contributed by atoms with Crippen LogP contribution in [-0.4, -0.2) is 74.4 Å². The van der Waals surface area contributed by atoms with Crippen LogP contribution in [0, 0.1) is 5.92 Å². The third kappa shape index (κ3) is 5.47. The number of nitrogens with zero attached hydrogens (tertiary/aromatic N) is 2. The lowest BCUT2D eigenvalue weighted by Crippen LogP contribution is -2.45. The lowest BCUT2D eigenvalue weighted by Gasteiger charge is -2.32. The Hall–Kier alpha value is -2.46. The van der Waals surface area contributed by atoms with Gasteiger partial charge in [-0.15, -0.1) is 0 Å². The third-order valence-corrected chi connectivity index (χ3v) is 7.76. The second-order valence-corrected chi connectivity index (χ2v) is 9.97. The van der Waals surface area contributed by atoms with Gasteiger partial charge in [-0.05, 0) is 63.8 Å². The third-order valence-electron chi connectivity index (χ3n) is 5.85. The summed E-state index contributed by atoms with van der Waals surface area (Å²) in [6.07, 6.45) is 1.72. The molecule has 2 aliphatic rings. The minimum absolute atomic E-state index is 0.129. The number of piperidine rings is 1. The molecular formula is C22H30N2O7S. The molecule has 1 amide bonds. The molecule has 9 nitrogen and oxygen atoms in total. The van der Waals surface area contributed by atoms with E-state index in [2.05, 4.69) is 0 Å². The molecule has 3 rings (SSSR count). The summed E-state index contributed by atoms with van der Waals surface area (Å²) in [7, 11) is -3.56. The molecule has 0 aromatic heterocycles. The average molecular weight is 467 g/mol. The Kier molecular flexibility index (Phi) is 7.89. The first-order chi connectivity index (χ1) is 15.2. The number of sulfonamides is 1. The lowest BCUT2D eigenvalue weighted by molar-refractivity contribution is -0.152. The number of likely N-dealkylation sites (tertiary alicyclic amines) is 1. The van der Waals surface area contributed by atoms with Crippen LogP contribution in [-0.2, 0) is 29.1 Å². The lowest BCUT2D eigenvalue weighted by atomic mass is 9.97. The summed E-state index contributed by atoms with van der Waals surface area (Å²) in [6.45, 7) is 5.39. The zero-order chi connectivity index (χ0) is 23.3. The Labute approximate surface area is 188 Å². The van der Waals surface area contributed by atoms with Gasteiger partial charge in [0.05, 0.1) is 23.0 Å². The van der Waals surface area contributed by atoms with Gasteiger partial charge in [0.1, 0.15) is 0 Å². The number of amides is 1. The zero-order valence-corrected chi connectivity index (χ0v) is 19.3. The van der Waals surface area contributed by atoms with E-state index in [4.69, 9.17) is 9.47 Å². The monoisotopic (exact) mass is 466 g/mol. The number of carbonyl (C=O) groups excluding carboxylic acids is 3. The molecule has 0 N–H and O–H groups in total. The molecule has 1 atom stereocenters. The maximum atomic E-state index is 12.6. The first-order valence-electron chi connectivity index (χ1n) is 11.0. The Bertz CT molecular complexity index is 932. The van der Waals surface area contributed by atoms with Crippen LogP contribution < -0.4 is 0 Å². The van der Waals surface area contributed by atoms with Crippen LogP contribution >= 0.6 is 0 Å². The molecule has 0 bridgehead atoms. The summed E-state index contributed by atoms with van der Waals surface area (Å²) >= 11 is 0. The van der Waals surface area contributed by atoms with Crippen LogP contribution in [0.15, 0.2) is 29.2 Å². The number of hydrogen-bond acceptors (Lipinski definition) is 7. The second-order valence-electron chi connectivity index (χ2n) is 8.03. The number of rotatable bonds is 7. The highest BCUT2D eigenvalue weighted by molar-refractivity contribution is 7.89. The summed E-state index contributed by atoms with van der Waals surface area (Å²) in [6, 6.07) is 5.56. The highest BCUT2D eigenvalue weighted by Gasteiger charge is 2.32. The quantitative estimate of drug-likeness (QED) is 0.564. The molecule has 2 aliphatic heterocycles. The first-order valence-corrected chi connectivity index (χ1v) is 12.4. The molecule has 2 saturated heterocycles. The fraction of sp³-hybridized carbons (Fsp3) is 0.591. The summed E-state index contributed by atoms with van der Waals surface area (Å²) in [5, 5.41) is 0. The van der Waals surface area contributed by atoms with E-state index in [0.717, 1.165) is 12.8 Å². The van der Waals surface area contributed by atoms with Crippen molar-refractivity contribution in [1.29, 1.82) is 0 Å². The van der Waals surface area contributed by atoms with E-state index in [9.17, 15) is 22.8 Å². The van der Waals surface area contributed by atoms with Crippen LogP contribution in [0.4, 0.5) is 0 Å². The Morgan fingerprint density at radius 1 is 1.03 bits per heavy atom. The van der Waals surface area contributed by atoms with Crippen LogP contribution in [0.2, 0.25) is 0 Å². The van der Waals surface area contributed by atoms with Gasteiger partial charge in [0.2, 0.25) is 10.0 Å². The summed E-state index contributed by atoms with van der Waals surface area (Å²) in [5.41, 5.74) is 0.172. The number of ether oxygens (including phenoxy) is 2. The van der Waals surface area contributed by atoms with Gasteiger partial charge in [-0.3, -0.25) is 9.59 Å². The van der Waals surface area contributed by atoms with Gasteiger partial charge < -0.3 is 14.4 Å². The molecule has 1 aromatic rings. The predicted molar refractivity (Wildman–Crippen MR) is 115 cm³/mol. The summed E-state index contributed by atoms with van der Waals surface area (Å²) in [4.78, 5) is 38.7. The molecule has 0 saturated carbocycles. The minimum Gasteiger partial charge on any atom is -0.466 e. The van der Waals surface area contributed by atoms with E-state index in [-0.39, 0.29) is 28.3 Å². The van der Waals surface area contributed by atoms with E-state index in [1.807, 2.05) is 0 Å². The van der Waals surface area contributed by atoms with Gasteiger partial charge >= 0.3 is 11.9 Å². The standard InChI is InChI=1S/C22H30N2O7S/c1-3-30-21(26)18-10-14-23(15-11-18)20(25)16(2)31-22(27)17-6-8-19(9-7-17)32(28,29)24-12-4-5-13-24/h6-9,16,18H,3-5,10-15H2,1-2H3/t16-/m1/s1. The zero-order valence-electron chi connectivity index (χ0n) is 18.5. The van der Waals surface area contributed by atoms with E-state index in [1.165, 1.54) is 35.5 Å². The van der Waals surface area contributed by atoms with Gasteiger partial charge in [-0.25, -0.2) is 13.2 Å². The highest BCUT2D eigenvalue weighted by Crippen LogP contribution is 2.22. The molecule has 0 aliphatic carbocycles. The van der Waals surface area contributed by atoms with E-state index in [0.29, 0.717) is 45.6 Å². The highest BCUT2D eigenvalue weighted by atomic mass is 32.2. The number of benzene rings is 1. The number of esters is 2. The fourth-order valence-corrected chi connectivity index (χ4v) is 5.49. The molecule has 0 spiro atoms. The maximum Gasteiger partial charge on any atom is 0.338 e. The summed E-state index contributed by atoms with van der Waals surface area (Å²) < 4.78 is 37.0. The molecule has 10 heteroatoms. The fourth-order valence-electron chi connectivity index (χ4n) is 3.97. The second kappa shape index (κ2) is 10.4. The van der Waals surface area contributed by atoms with Crippen molar-refractivity contribution in [3.63, 3.8) is 0 Å². The maximum absolute atomic E-state index is 12.6. The molecule has 2 fully saturated rings. The van der Waals surface area contributed by atoms with Crippen molar-refractivity contribution in [2.75, 3.05) is 32.8 Å². The van der Waals surface area contributed by atoms with Gasteiger partial charge in [0.25, 0.3) is 5.91 Å². The van der Waals surface area contributed by atoms with Crippen LogP contribution in [0.3, 0.4) is 0 Å². The predicted octanol–water partition coefficient (Wildman–Crippen LogP) is 1.82. The minimum atomic E-state index is -3.56. The topological polar surface area (TPSA) is 110 Å². The average Bonchev–Trinajstić information content (AvgIpc) is 3.35. The van der Waals surface area contributed by atoms with Gasteiger partial charge in [-0.2, -0.15) is 4.31 Å². The largest absolute Gasteiger partial charge is 0.466 e. The van der Waals surface area contributed by atoms with E-state index < -0.39 is 22.1 Å². The first kappa shape index (κ1) is 24.2. The normalized spacial score (nSPS) is 18.9. The summed E-state index contributed by atoms with van der Waals surface area (Å²) in [5.74, 6) is -1.48. The van der Waals surface area contributed by atoms with Crippen molar-refractivity contribution < 1.29 is 32.3 Å². The Balaban J connectivity index is 1.54. The van der Waals surface area contributed by atoms with E-state index >= 15 is 0 Å². The van der Waals surface area contributed by atoms with Crippen LogP contribution in [0.25, 0.3) is 0 Å². The number of hydrogen-bond donors (Lipinski definition) is 0. The van der Waals surface area contributed by atoms with Crippen molar-refractivity contribution in [3.8, 4) is 0 Å². The van der Waals surface area contributed by atoms with Crippen molar-refractivity contribution in [3.05, 3.63) is 29.8 Å².